The first kappa shape index (κ1) is 13.8. The first-order chi connectivity index (χ1) is 7.94. The van der Waals surface area contributed by atoms with Gasteiger partial charge in [0.15, 0.2) is 11.6 Å². The van der Waals surface area contributed by atoms with Crippen molar-refractivity contribution < 1.29 is 13.9 Å². The topological polar surface area (TPSA) is 45.1 Å². The number of hydrogen-bond donors (Lipinski definition) is 2. The second-order valence-corrected chi connectivity index (χ2v) is 4.83. The number of nitrogens with zero attached hydrogens (tertiary/aromatic N) is 1. The Balaban J connectivity index is 2.54. The molecule has 0 fully saturated rings. The first-order valence-electron chi connectivity index (χ1n) is 5.60. The number of halogens is 2. The number of aromatic nitrogens is 1. The van der Waals surface area contributed by atoms with Crippen LogP contribution in [-0.2, 0) is 0 Å². The fraction of sp³-hybridized carbons (Fsp3) is 0.583. The average molecular weight is 244 g/mol. The van der Waals surface area contributed by atoms with E-state index in [0.717, 1.165) is 18.7 Å². The van der Waals surface area contributed by atoms with Gasteiger partial charge in [0.25, 0.3) is 0 Å². The van der Waals surface area contributed by atoms with Crippen molar-refractivity contribution in [3.8, 4) is 0 Å². The number of pyridine rings is 1. The Kier molecular flexibility index (Phi) is 4.81. The van der Waals surface area contributed by atoms with Crippen molar-refractivity contribution in [3.05, 3.63) is 23.9 Å². The summed E-state index contributed by atoms with van der Waals surface area (Å²) >= 11 is 0. The maximum absolute atomic E-state index is 13.3. The van der Waals surface area contributed by atoms with Gasteiger partial charge >= 0.3 is 0 Å². The molecular weight excluding hydrogens is 226 g/mol. The zero-order valence-corrected chi connectivity index (χ0v) is 10.1. The van der Waals surface area contributed by atoms with Crippen LogP contribution in [0.15, 0.2) is 12.3 Å². The van der Waals surface area contributed by atoms with Crippen LogP contribution in [0.1, 0.15) is 26.7 Å². The van der Waals surface area contributed by atoms with Gasteiger partial charge in [0, 0.05) is 19.2 Å². The average Bonchev–Trinajstić information content (AvgIpc) is 2.25. The van der Waals surface area contributed by atoms with Crippen LogP contribution in [0.4, 0.5) is 14.6 Å². The molecular formula is C12H18F2N2O. The van der Waals surface area contributed by atoms with E-state index in [-0.39, 0.29) is 17.8 Å². The zero-order chi connectivity index (χ0) is 12.9. The van der Waals surface area contributed by atoms with Gasteiger partial charge < -0.3 is 10.4 Å². The number of hydrogen-bond acceptors (Lipinski definition) is 3. The Morgan fingerprint density at radius 1 is 1.41 bits per heavy atom. The van der Waals surface area contributed by atoms with E-state index < -0.39 is 11.6 Å². The molecule has 1 heterocycles. The Labute approximate surface area is 99.9 Å². The van der Waals surface area contributed by atoms with Gasteiger partial charge in [-0.05, 0) is 18.3 Å². The van der Waals surface area contributed by atoms with Crippen molar-refractivity contribution >= 4 is 5.82 Å². The van der Waals surface area contributed by atoms with Gasteiger partial charge in [-0.1, -0.05) is 13.8 Å². The van der Waals surface area contributed by atoms with Gasteiger partial charge in [0.1, 0.15) is 5.82 Å². The first-order valence-corrected chi connectivity index (χ1v) is 5.60. The highest BCUT2D eigenvalue weighted by Crippen LogP contribution is 2.23. The molecule has 1 rings (SSSR count). The van der Waals surface area contributed by atoms with Crippen LogP contribution in [0.2, 0.25) is 0 Å². The number of nitrogens with one attached hydrogen (secondary N) is 1. The second-order valence-electron chi connectivity index (χ2n) is 4.83. The summed E-state index contributed by atoms with van der Waals surface area (Å²) in [6, 6.07) is 0.802. The molecule has 17 heavy (non-hydrogen) atoms. The molecule has 5 heteroatoms. The van der Waals surface area contributed by atoms with Crippen LogP contribution in [-0.4, -0.2) is 23.2 Å². The number of aliphatic hydroxyl groups is 1. The summed E-state index contributed by atoms with van der Waals surface area (Å²) in [7, 11) is 0. The van der Waals surface area contributed by atoms with E-state index in [1.807, 2.05) is 13.8 Å². The minimum absolute atomic E-state index is 0.0588. The van der Waals surface area contributed by atoms with Crippen molar-refractivity contribution in [1.82, 2.24) is 4.98 Å². The SMILES string of the molecule is CC(C)(CCCO)CNc1ncc(F)cc1F. The van der Waals surface area contributed by atoms with Crippen LogP contribution in [0.3, 0.4) is 0 Å². The molecule has 0 unspecified atom stereocenters. The van der Waals surface area contributed by atoms with Gasteiger partial charge in [0.2, 0.25) is 0 Å². The lowest BCUT2D eigenvalue weighted by atomic mass is 9.88. The van der Waals surface area contributed by atoms with E-state index in [2.05, 4.69) is 10.3 Å². The van der Waals surface area contributed by atoms with Crippen LogP contribution in [0.5, 0.6) is 0 Å². The number of aliphatic hydroxyl groups excluding tert-OH is 1. The van der Waals surface area contributed by atoms with Crippen LogP contribution >= 0.6 is 0 Å². The Morgan fingerprint density at radius 2 is 2.12 bits per heavy atom. The summed E-state index contributed by atoms with van der Waals surface area (Å²) in [5.41, 5.74) is -0.0781. The summed E-state index contributed by atoms with van der Waals surface area (Å²) in [4.78, 5) is 3.65. The van der Waals surface area contributed by atoms with Gasteiger partial charge in [-0.25, -0.2) is 13.8 Å². The van der Waals surface area contributed by atoms with Crippen LogP contribution in [0.25, 0.3) is 0 Å². The maximum Gasteiger partial charge on any atom is 0.168 e. The van der Waals surface area contributed by atoms with Crippen molar-refractivity contribution in [2.24, 2.45) is 5.41 Å². The molecule has 2 N–H and O–H groups in total. The van der Waals surface area contributed by atoms with Crippen molar-refractivity contribution in [1.29, 1.82) is 0 Å². The zero-order valence-electron chi connectivity index (χ0n) is 10.1. The minimum Gasteiger partial charge on any atom is -0.396 e. The van der Waals surface area contributed by atoms with Gasteiger partial charge in [-0.2, -0.15) is 0 Å². The third-order valence-electron chi connectivity index (χ3n) is 2.55. The largest absolute Gasteiger partial charge is 0.396 e. The third kappa shape index (κ3) is 4.65. The van der Waals surface area contributed by atoms with E-state index in [4.69, 9.17) is 5.11 Å². The number of anilines is 1. The molecule has 0 aliphatic heterocycles. The molecule has 0 aliphatic rings. The Morgan fingerprint density at radius 3 is 2.71 bits per heavy atom. The van der Waals surface area contributed by atoms with Gasteiger partial charge in [-0.15, -0.1) is 0 Å². The van der Waals surface area contributed by atoms with Gasteiger partial charge in [0.05, 0.1) is 6.20 Å². The monoisotopic (exact) mass is 244 g/mol. The molecule has 96 valence electrons. The van der Waals surface area contributed by atoms with Crippen LogP contribution in [0, 0.1) is 17.0 Å². The molecule has 0 radical (unpaired) electrons. The molecule has 3 nitrogen and oxygen atoms in total. The number of rotatable bonds is 6. The van der Waals surface area contributed by atoms with E-state index in [1.54, 1.807) is 0 Å². The summed E-state index contributed by atoms with van der Waals surface area (Å²) in [6.45, 7) is 4.68. The predicted molar refractivity (Wildman–Crippen MR) is 62.7 cm³/mol. The lowest BCUT2D eigenvalue weighted by molar-refractivity contribution is 0.247. The quantitative estimate of drug-likeness (QED) is 0.808. The molecule has 0 amide bonds. The molecule has 0 atom stereocenters. The maximum atomic E-state index is 13.3. The lowest BCUT2D eigenvalue weighted by Gasteiger charge is -2.24. The second kappa shape index (κ2) is 5.91. The molecule has 0 saturated carbocycles. The molecule has 1 aromatic heterocycles. The Hall–Kier alpha value is -1.23. The normalized spacial score (nSPS) is 11.6. The molecule has 0 spiro atoms. The van der Waals surface area contributed by atoms with Crippen molar-refractivity contribution in [2.45, 2.75) is 26.7 Å². The molecule has 1 aromatic rings. The van der Waals surface area contributed by atoms with Gasteiger partial charge in [-0.3, -0.25) is 0 Å². The van der Waals surface area contributed by atoms with E-state index in [9.17, 15) is 8.78 Å². The Bertz CT molecular complexity index is 370. The fourth-order valence-electron chi connectivity index (χ4n) is 1.51. The van der Waals surface area contributed by atoms with E-state index >= 15 is 0 Å². The molecule has 0 saturated heterocycles. The molecule has 0 bridgehead atoms. The summed E-state index contributed by atoms with van der Waals surface area (Å²) in [5, 5.41) is 11.6. The summed E-state index contributed by atoms with van der Waals surface area (Å²) < 4.78 is 25.9. The summed E-state index contributed by atoms with van der Waals surface area (Å²) in [5.74, 6) is -1.32. The highest BCUT2D eigenvalue weighted by Gasteiger charge is 2.18. The predicted octanol–water partition coefficient (Wildman–Crippen LogP) is 2.57. The summed E-state index contributed by atoms with van der Waals surface area (Å²) in [6.07, 6.45) is 2.50. The van der Waals surface area contributed by atoms with Crippen molar-refractivity contribution in [2.75, 3.05) is 18.5 Å². The fourth-order valence-corrected chi connectivity index (χ4v) is 1.51. The third-order valence-corrected chi connectivity index (χ3v) is 2.55. The molecule has 0 aliphatic carbocycles. The smallest absolute Gasteiger partial charge is 0.168 e. The van der Waals surface area contributed by atoms with E-state index in [1.165, 1.54) is 0 Å². The molecule has 0 aromatic carbocycles. The standard InChI is InChI=1S/C12H18F2N2O/c1-12(2,4-3-5-17)8-16-11-10(14)6-9(13)7-15-11/h6-7,17H,3-5,8H2,1-2H3,(H,15,16). The highest BCUT2D eigenvalue weighted by molar-refractivity contribution is 5.35. The van der Waals surface area contributed by atoms with Crippen LogP contribution < -0.4 is 5.32 Å². The van der Waals surface area contributed by atoms with E-state index in [0.29, 0.717) is 13.0 Å². The van der Waals surface area contributed by atoms with Crippen molar-refractivity contribution in [3.63, 3.8) is 0 Å². The minimum atomic E-state index is -0.692. The highest BCUT2D eigenvalue weighted by atomic mass is 19.1. The lowest BCUT2D eigenvalue weighted by Crippen LogP contribution is -2.24.